The predicted molar refractivity (Wildman–Crippen MR) is 158 cm³/mol. The topological polar surface area (TPSA) is 58.6 Å². The molecule has 0 aliphatic carbocycles. The summed E-state index contributed by atoms with van der Waals surface area (Å²) in [6, 6.07) is 18.4. The number of nitrogens with one attached hydrogen (secondary N) is 1. The van der Waals surface area contributed by atoms with E-state index in [4.69, 9.17) is 4.98 Å². The van der Waals surface area contributed by atoms with E-state index in [0.717, 1.165) is 71.9 Å². The highest BCUT2D eigenvalue weighted by Crippen LogP contribution is 2.35. The molecule has 2 fully saturated rings. The molecule has 2 saturated heterocycles. The van der Waals surface area contributed by atoms with Crippen LogP contribution in [0.15, 0.2) is 60.9 Å². The maximum absolute atomic E-state index is 10.7. The predicted octanol–water partition coefficient (Wildman–Crippen LogP) is 4.94. The van der Waals surface area contributed by atoms with Crippen LogP contribution in [0.4, 0.5) is 0 Å². The van der Waals surface area contributed by atoms with Gasteiger partial charge in [-0.05, 0) is 80.3 Å². The molecule has 4 aromatic rings. The van der Waals surface area contributed by atoms with Crippen LogP contribution in [0.2, 0.25) is 0 Å². The second-order valence-corrected chi connectivity index (χ2v) is 12.1. The number of nitrogens with zero attached hydrogens (tertiary/aromatic N) is 4. The molecule has 6 nitrogen and oxygen atoms in total. The van der Waals surface area contributed by atoms with E-state index in [1.54, 1.807) is 0 Å². The van der Waals surface area contributed by atoms with Crippen LogP contribution in [0.5, 0.6) is 0 Å². The largest absolute Gasteiger partial charge is 0.388 e. The summed E-state index contributed by atoms with van der Waals surface area (Å²) in [4.78, 5) is 15.5. The molecule has 6 heteroatoms. The number of aromatic amines is 1. The number of pyridine rings is 1. The lowest BCUT2D eigenvalue weighted by molar-refractivity contribution is 0.00901. The molecule has 2 aromatic heterocycles. The third-order valence-corrected chi connectivity index (χ3v) is 9.42. The third kappa shape index (κ3) is 4.80. The van der Waals surface area contributed by atoms with Gasteiger partial charge in [0.2, 0.25) is 0 Å². The van der Waals surface area contributed by atoms with Crippen molar-refractivity contribution in [3.05, 3.63) is 77.6 Å². The molecule has 2 aromatic carbocycles. The van der Waals surface area contributed by atoms with Crippen molar-refractivity contribution in [1.82, 2.24) is 24.7 Å². The van der Waals surface area contributed by atoms with Crippen molar-refractivity contribution in [2.75, 3.05) is 46.8 Å². The van der Waals surface area contributed by atoms with E-state index in [1.807, 2.05) is 6.20 Å². The van der Waals surface area contributed by atoms with Crippen LogP contribution in [0.3, 0.4) is 0 Å². The van der Waals surface area contributed by atoms with E-state index in [1.165, 1.54) is 42.6 Å². The molecule has 0 amide bonds. The highest BCUT2D eigenvalue weighted by Gasteiger charge is 2.31. The first kappa shape index (κ1) is 25.0. The lowest BCUT2D eigenvalue weighted by atomic mass is 9.89. The summed E-state index contributed by atoms with van der Waals surface area (Å²) in [5, 5.41) is 11.9. The SMILES string of the molecule is CN1CCC(N2CCc3cc(-c4cnc5[nH]cc(-c6ccc(C(O)C7CN(C)C7)cc6)c5c4)ccc3C2)CC1. The van der Waals surface area contributed by atoms with Gasteiger partial charge in [0, 0.05) is 67.0 Å². The number of piperidine rings is 1. The lowest BCUT2D eigenvalue weighted by Crippen LogP contribution is -2.46. The molecule has 202 valence electrons. The van der Waals surface area contributed by atoms with Gasteiger partial charge in [0.25, 0.3) is 0 Å². The van der Waals surface area contributed by atoms with Crippen LogP contribution in [0.1, 0.15) is 35.6 Å². The van der Waals surface area contributed by atoms with Gasteiger partial charge in [-0.1, -0.05) is 42.5 Å². The highest BCUT2D eigenvalue weighted by molar-refractivity contribution is 5.95. The minimum Gasteiger partial charge on any atom is -0.388 e. The zero-order valence-corrected chi connectivity index (χ0v) is 23.1. The van der Waals surface area contributed by atoms with Crippen LogP contribution in [-0.4, -0.2) is 82.6 Å². The van der Waals surface area contributed by atoms with Gasteiger partial charge in [-0.15, -0.1) is 0 Å². The van der Waals surface area contributed by atoms with E-state index < -0.39 is 6.10 Å². The van der Waals surface area contributed by atoms with Gasteiger partial charge in [0.1, 0.15) is 5.65 Å². The van der Waals surface area contributed by atoms with Crippen molar-refractivity contribution in [1.29, 1.82) is 0 Å². The van der Waals surface area contributed by atoms with Gasteiger partial charge >= 0.3 is 0 Å². The lowest BCUT2D eigenvalue weighted by Gasteiger charge is -2.39. The van der Waals surface area contributed by atoms with Gasteiger partial charge in [0.05, 0.1) is 6.10 Å². The molecule has 0 spiro atoms. The maximum atomic E-state index is 10.7. The van der Waals surface area contributed by atoms with Crippen molar-refractivity contribution in [3.8, 4) is 22.3 Å². The molecule has 0 bridgehead atoms. The smallest absolute Gasteiger partial charge is 0.137 e. The second kappa shape index (κ2) is 10.2. The molecule has 39 heavy (non-hydrogen) atoms. The fourth-order valence-electron chi connectivity index (χ4n) is 6.91. The normalized spacial score (nSPS) is 20.7. The number of benzene rings is 2. The third-order valence-electron chi connectivity index (χ3n) is 9.42. The second-order valence-electron chi connectivity index (χ2n) is 12.1. The molecule has 0 saturated carbocycles. The number of aromatic nitrogens is 2. The minimum atomic E-state index is -0.396. The van der Waals surface area contributed by atoms with E-state index in [2.05, 4.69) is 88.5 Å². The Bertz CT molecular complexity index is 1460. The quantitative estimate of drug-likeness (QED) is 0.390. The van der Waals surface area contributed by atoms with Crippen LogP contribution >= 0.6 is 0 Å². The van der Waals surface area contributed by atoms with Gasteiger partial charge < -0.3 is 19.9 Å². The summed E-state index contributed by atoms with van der Waals surface area (Å²) in [7, 11) is 4.34. The number of fused-ring (bicyclic) bond motifs is 2. The number of hydrogen-bond donors (Lipinski definition) is 2. The number of aliphatic hydroxyl groups is 1. The molecule has 0 radical (unpaired) electrons. The standard InChI is InChI=1S/C33H39N5O/c1-36-12-10-29(11-13-36)38-14-9-25-15-24(7-8-26(25)21-38)27-16-30-31(18-35-33(30)34-17-27)22-3-5-23(6-4-22)32(39)28-19-37(2)20-28/h3-8,15-18,28-29,32,39H,9-14,19-21H2,1-2H3,(H,34,35). The molecular formula is C33H39N5O. The Kier molecular flexibility index (Phi) is 6.52. The Labute approximate surface area is 231 Å². The molecule has 3 aliphatic heterocycles. The first-order valence-corrected chi connectivity index (χ1v) is 14.5. The van der Waals surface area contributed by atoms with Gasteiger partial charge in [-0.25, -0.2) is 4.98 Å². The van der Waals surface area contributed by atoms with Crippen molar-refractivity contribution >= 4 is 11.0 Å². The van der Waals surface area contributed by atoms with Crippen LogP contribution < -0.4 is 0 Å². The molecule has 5 heterocycles. The number of H-pyrrole nitrogens is 1. The van der Waals surface area contributed by atoms with Gasteiger partial charge in [0.15, 0.2) is 0 Å². The first-order chi connectivity index (χ1) is 19.0. The van der Waals surface area contributed by atoms with E-state index in [0.29, 0.717) is 5.92 Å². The number of rotatable bonds is 5. The first-order valence-electron chi connectivity index (χ1n) is 14.5. The van der Waals surface area contributed by atoms with Crippen molar-refractivity contribution in [3.63, 3.8) is 0 Å². The van der Waals surface area contributed by atoms with E-state index in [9.17, 15) is 5.11 Å². The molecule has 1 unspecified atom stereocenters. The molecule has 7 rings (SSSR count). The van der Waals surface area contributed by atoms with E-state index >= 15 is 0 Å². The summed E-state index contributed by atoms with van der Waals surface area (Å²) in [5.74, 6) is 0.328. The van der Waals surface area contributed by atoms with Crippen LogP contribution in [-0.2, 0) is 13.0 Å². The zero-order chi connectivity index (χ0) is 26.5. The monoisotopic (exact) mass is 521 g/mol. The summed E-state index contributed by atoms with van der Waals surface area (Å²) in [5.41, 5.74) is 9.56. The molecular weight excluding hydrogens is 482 g/mol. The zero-order valence-electron chi connectivity index (χ0n) is 23.1. The van der Waals surface area contributed by atoms with Crippen molar-refractivity contribution in [2.45, 2.75) is 38.0 Å². The summed E-state index contributed by atoms with van der Waals surface area (Å²) in [6.07, 6.45) is 7.35. The number of aliphatic hydroxyl groups excluding tert-OH is 1. The average Bonchev–Trinajstić information content (AvgIpc) is 3.38. The average molecular weight is 522 g/mol. The molecule has 2 N–H and O–H groups in total. The minimum absolute atomic E-state index is 0.328. The summed E-state index contributed by atoms with van der Waals surface area (Å²) < 4.78 is 0. The van der Waals surface area contributed by atoms with Gasteiger partial charge in [-0.2, -0.15) is 0 Å². The number of likely N-dealkylation sites (tertiary alicyclic amines) is 2. The maximum Gasteiger partial charge on any atom is 0.137 e. The van der Waals surface area contributed by atoms with Crippen LogP contribution in [0.25, 0.3) is 33.3 Å². The van der Waals surface area contributed by atoms with Crippen molar-refractivity contribution in [2.24, 2.45) is 5.92 Å². The Morgan fingerprint density at radius 2 is 1.64 bits per heavy atom. The Balaban J connectivity index is 1.11. The fourth-order valence-corrected chi connectivity index (χ4v) is 6.91. The summed E-state index contributed by atoms with van der Waals surface area (Å²) >= 11 is 0. The Hall–Kier alpha value is -3.03. The van der Waals surface area contributed by atoms with E-state index in [-0.39, 0.29) is 0 Å². The van der Waals surface area contributed by atoms with Crippen molar-refractivity contribution < 1.29 is 5.11 Å². The Morgan fingerprint density at radius 1 is 0.872 bits per heavy atom. The highest BCUT2D eigenvalue weighted by atomic mass is 16.3. The molecule has 1 atom stereocenters. The Morgan fingerprint density at radius 3 is 2.41 bits per heavy atom. The molecule has 3 aliphatic rings. The summed E-state index contributed by atoms with van der Waals surface area (Å²) in [6.45, 7) is 6.58. The number of hydrogen-bond acceptors (Lipinski definition) is 5. The van der Waals surface area contributed by atoms with Crippen LogP contribution in [0, 0.1) is 5.92 Å². The fraction of sp³-hybridized carbons (Fsp3) is 0.424. The van der Waals surface area contributed by atoms with Gasteiger partial charge in [-0.3, -0.25) is 4.90 Å².